The Labute approximate surface area is 61.0 Å². The summed E-state index contributed by atoms with van der Waals surface area (Å²) >= 11 is 0. The Morgan fingerprint density at radius 3 is 2.20 bits per heavy atom. The second-order valence-corrected chi connectivity index (χ2v) is 2.14. The van der Waals surface area contributed by atoms with Gasteiger partial charge in [0.15, 0.2) is 5.72 Å². The average molecular weight is 145 g/mol. The maximum atomic E-state index is 9.49. The van der Waals surface area contributed by atoms with Gasteiger partial charge in [-0.05, 0) is 19.4 Å². The summed E-state index contributed by atoms with van der Waals surface area (Å²) in [5.41, 5.74) is -1.20. The zero-order chi connectivity index (χ0) is 8.20. The molecule has 4 nitrogen and oxygen atoms in total. The number of rotatable bonds is 3. The van der Waals surface area contributed by atoms with Crippen molar-refractivity contribution in [2.24, 2.45) is 11.7 Å². The van der Waals surface area contributed by atoms with Crippen LogP contribution in [0.15, 0.2) is 12.2 Å². The van der Waals surface area contributed by atoms with Crippen LogP contribution in [-0.2, 0) is 0 Å². The second-order valence-electron chi connectivity index (χ2n) is 2.14. The van der Waals surface area contributed by atoms with E-state index in [1.165, 1.54) is 0 Å². The van der Waals surface area contributed by atoms with Gasteiger partial charge in [0.05, 0.1) is 0 Å². The van der Waals surface area contributed by atoms with Gasteiger partial charge in [0.1, 0.15) is 0 Å². The maximum absolute atomic E-state index is 9.49. The van der Waals surface area contributed by atoms with Crippen LogP contribution in [0, 0.1) is 0 Å². The summed E-state index contributed by atoms with van der Waals surface area (Å²) in [4.78, 5) is 0. The summed E-state index contributed by atoms with van der Waals surface area (Å²) < 4.78 is 0. The van der Waals surface area contributed by atoms with Gasteiger partial charge in [0.25, 0.3) is 0 Å². The van der Waals surface area contributed by atoms with Crippen LogP contribution in [0.25, 0.3) is 0 Å². The highest BCUT2D eigenvalue weighted by Crippen LogP contribution is 2.10. The molecule has 0 aliphatic heterocycles. The first-order chi connectivity index (χ1) is 4.56. The van der Waals surface area contributed by atoms with Crippen molar-refractivity contribution in [1.82, 2.24) is 5.12 Å². The third-order valence-corrected chi connectivity index (χ3v) is 1.40. The molecule has 1 atom stereocenters. The molecule has 60 valence electrons. The SMILES string of the molecule is C/C=C\C(O)(CC)N(N)N. The lowest BCUT2D eigenvalue weighted by molar-refractivity contribution is -0.0738. The predicted molar refractivity (Wildman–Crippen MR) is 40.3 cm³/mol. The monoisotopic (exact) mass is 145 g/mol. The van der Waals surface area contributed by atoms with Crippen molar-refractivity contribution in [3.63, 3.8) is 0 Å². The van der Waals surface area contributed by atoms with Crippen molar-refractivity contribution in [2.45, 2.75) is 26.0 Å². The minimum Gasteiger partial charge on any atom is -0.370 e. The Morgan fingerprint density at radius 1 is 1.60 bits per heavy atom. The van der Waals surface area contributed by atoms with E-state index in [4.69, 9.17) is 11.7 Å². The Bertz CT molecular complexity index is 124. The van der Waals surface area contributed by atoms with Crippen LogP contribution in [0.1, 0.15) is 20.3 Å². The smallest absolute Gasteiger partial charge is 0.163 e. The number of nitrogens with zero attached hydrogens (tertiary/aromatic N) is 1. The normalized spacial score (nSPS) is 18.2. The highest BCUT2D eigenvalue weighted by Gasteiger charge is 2.24. The molecule has 1 unspecified atom stereocenters. The largest absolute Gasteiger partial charge is 0.370 e. The summed E-state index contributed by atoms with van der Waals surface area (Å²) in [7, 11) is 0. The lowest BCUT2D eigenvalue weighted by Crippen LogP contribution is -2.55. The van der Waals surface area contributed by atoms with E-state index >= 15 is 0 Å². The molecular formula is C6H15N3O. The fourth-order valence-electron chi connectivity index (χ4n) is 0.653. The van der Waals surface area contributed by atoms with Crippen molar-refractivity contribution in [1.29, 1.82) is 0 Å². The zero-order valence-corrected chi connectivity index (χ0v) is 6.41. The van der Waals surface area contributed by atoms with Crippen molar-refractivity contribution in [2.75, 3.05) is 0 Å². The first kappa shape index (κ1) is 9.58. The van der Waals surface area contributed by atoms with Crippen molar-refractivity contribution < 1.29 is 5.11 Å². The lowest BCUT2D eigenvalue weighted by atomic mass is 10.1. The van der Waals surface area contributed by atoms with Crippen molar-refractivity contribution in [3.8, 4) is 0 Å². The molecule has 0 rings (SSSR count). The molecule has 5 N–H and O–H groups in total. The Morgan fingerprint density at radius 2 is 2.10 bits per heavy atom. The number of aliphatic hydroxyl groups is 1. The molecule has 4 heteroatoms. The lowest BCUT2D eigenvalue weighted by Gasteiger charge is -2.28. The molecule has 0 radical (unpaired) electrons. The number of allylic oxidation sites excluding steroid dienone is 1. The third kappa shape index (κ3) is 2.07. The van der Waals surface area contributed by atoms with E-state index in [0.717, 1.165) is 5.12 Å². The molecule has 0 aromatic carbocycles. The number of hydrogen-bond acceptors (Lipinski definition) is 4. The average Bonchev–Trinajstić information content (AvgIpc) is 1.88. The predicted octanol–water partition coefficient (Wildman–Crippen LogP) is -0.290. The van der Waals surface area contributed by atoms with Crippen LogP contribution in [0.4, 0.5) is 0 Å². The van der Waals surface area contributed by atoms with E-state index in [0.29, 0.717) is 6.42 Å². The molecule has 0 saturated carbocycles. The minimum absolute atomic E-state index is 0.463. The van der Waals surface area contributed by atoms with Gasteiger partial charge in [-0.15, -0.1) is 5.12 Å². The third-order valence-electron chi connectivity index (χ3n) is 1.40. The maximum Gasteiger partial charge on any atom is 0.163 e. The Balaban J connectivity index is 4.22. The molecule has 0 bridgehead atoms. The number of nitrogens with two attached hydrogens (primary N) is 2. The van der Waals surface area contributed by atoms with Crippen LogP contribution < -0.4 is 11.7 Å². The summed E-state index contributed by atoms with van der Waals surface area (Å²) in [5, 5.41) is 10.3. The first-order valence-corrected chi connectivity index (χ1v) is 3.22. The first-order valence-electron chi connectivity index (χ1n) is 3.22. The standard InChI is InChI=1S/C6H15N3O/c1-3-5-6(10,4-2)9(7)8/h3,5,10H,4,7-8H2,1-2H3/b5-3-. The quantitative estimate of drug-likeness (QED) is 0.221. The van der Waals surface area contributed by atoms with Gasteiger partial charge in [-0.1, -0.05) is 13.0 Å². The van der Waals surface area contributed by atoms with Crippen molar-refractivity contribution >= 4 is 0 Å². The van der Waals surface area contributed by atoms with E-state index in [2.05, 4.69) is 0 Å². The van der Waals surface area contributed by atoms with E-state index in [-0.39, 0.29) is 0 Å². The molecule has 0 saturated heterocycles. The van der Waals surface area contributed by atoms with Crippen LogP contribution in [0.5, 0.6) is 0 Å². The van der Waals surface area contributed by atoms with Gasteiger partial charge in [-0.2, -0.15) is 0 Å². The molecule has 0 aliphatic rings. The molecule has 0 fully saturated rings. The van der Waals surface area contributed by atoms with Gasteiger partial charge < -0.3 is 5.11 Å². The summed E-state index contributed by atoms with van der Waals surface area (Å²) in [6, 6.07) is 0. The fraction of sp³-hybridized carbons (Fsp3) is 0.667. The molecule has 0 heterocycles. The van der Waals surface area contributed by atoms with E-state index in [1.54, 1.807) is 26.0 Å². The highest BCUT2D eigenvalue weighted by molar-refractivity contribution is 4.95. The molecule has 0 aliphatic carbocycles. The van der Waals surface area contributed by atoms with Gasteiger partial charge in [-0.3, -0.25) is 11.7 Å². The van der Waals surface area contributed by atoms with Gasteiger partial charge in [0.2, 0.25) is 0 Å². The molecule has 0 amide bonds. The van der Waals surface area contributed by atoms with Crippen LogP contribution in [0.3, 0.4) is 0 Å². The minimum atomic E-state index is -1.20. The van der Waals surface area contributed by atoms with E-state index < -0.39 is 5.72 Å². The zero-order valence-electron chi connectivity index (χ0n) is 6.41. The summed E-state index contributed by atoms with van der Waals surface area (Å²) in [5.74, 6) is 10.4. The molecule has 0 aromatic heterocycles. The number of hydrogen-bond donors (Lipinski definition) is 3. The number of hydrazine groups is 2. The summed E-state index contributed by atoms with van der Waals surface area (Å²) in [6.07, 6.45) is 3.72. The molecule has 0 spiro atoms. The van der Waals surface area contributed by atoms with Gasteiger partial charge >= 0.3 is 0 Å². The molecule has 0 aromatic rings. The Hall–Kier alpha value is -0.420. The van der Waals surface area contributed by atoms with Crippen LogP contribution >= 0.6 is 0 Å². The van der Waals surface area contributed by atoms with E-state index in [1.807, 2.05) is 0 Å². The summed E-state index contributed by atoms with van der Waals surface area (Å²) in [6.45, 7) is 3.59. The highest BCUT2D eigenvalue weighted by atomic mass is 16.3. The topological polar surface area (TPSA) is 75.5 Å². The van der Waals surface area contributed by atoms with Crippen LogP contribution in [-0.4, -0.2) is 15.9 Å². The molecule has 10 heavy (non-hydrogen) atoms. The van der Waals surface area contributed by atoms with Gasteiger partial charge in [-0.25, -0.2) is 0 Å². The molecular weight excluding hydrogens is 130 g/mol. The van der Waals surface area contributed by atoms with Gasteiger partial charge in [0, 0.05) is 0 Å². The van der Waals surface area contributed by atoms with Crippen LogP contribution in [0.2, 0.25) is 0 Å². The van der Waals surface area contributed by atoms with Crippen molar-refractivity contribution in [3.05, 3.63) is 12.2 Å². The fourth-order valence-corrected chi connectivity index (χ4v) is 0.653. The Kier molecular flexibility index (Phi) is 3.52. The second kappa shape index (κ2) is 3.68. The van der Waals surface area contributed by atoms with E-state index in [9.17, 15) is 5.11 Å².